The van der Waals surface area contributed by atoms with Gasteiger partial charge in [0.05, 0.1) is 0 Å². The molecular weight excluding hydrogens is 355 g/mol. The number of rotatable bonds is 4. The van der Waals surface area contributed by atoms with E-state index < -0.39 is 0 Å². The fraction of sp³-hybridized carbons (Fsp3) is 0.130. The van der Waals surface area contributed by atoms with Crippen molar-refractivity contribution >= 4 is 25.0 Å². The molecule has 0 N–H and O–H groups in total. The van der Waals surface area contributed by atoms with Gasteiger partial charge in [0.1, 0.15) is 0 Å². The van der Waals surface area contributed by atoms with E-state index in [1.165, 1.54) is 37.9 Å². The molecule has 0 aliphatic rings. The van der Waals surface area contributed by atoms with Crippen LogP contribution in [0.4, 0.5) is 0 Å². The molecule has 24 heavy (non-hydrogen) atoms. The van der Waals surface area contributed by atoms with E-state index in [4.69, 9.17) is 0 Å². The summed E-state index contributed by atoms with van der Waals surface area (Å²) in [4.78, 5) is 2.43. The molecule has 0 aromatic heterocycles. The van der Waals surface area contributed by atoms with Crippen molar-refractivity contribution in [1.82, 2.24) is 0 Å². The van der Waals surface area contributed by atoms with Gasteiger partial charge in [-0.15, -0.1) is 0 Å². The third-order valence-electron chi connectivity index (χ3n) is 4.07. The van der Waals surface area contributed by atoms with Crippen molar-refractivity contribution in [2.24, 2.45) is 0 Å². The van der Waals surface area contributed by atoms with Crippen LogP contribution in [0.3, 0.4) is 0 Å². The summed E-state index contributed by atoms with van der Waals surface area (Å²) < 4.78 is 1.50. The second kappa shape index (κ2) is 7.66. The standard InChI is InChI=1S/C23H22Se/c1-17-14-18(2)23(19(3)15-17)24-16-22(20-10-6-4-7-11-20)21-12-8-5-9-13-21/h4-16H,1-3H3. The van der Waals surface area contributed by atoms with Gasteiger partial charge < -0.3 is 0 Å². The predicted octanol–water partition coefficient (Wildman–Crippen LogP) is 5.03. The van der Waals surface area contributed by atoms with E-state index >= 15 is 0 Å². The van der Waals surface area contributed by atoms with Gasteiger partial charge >= 0.3 is 151 Å². The number of benzene rings is 3. The van der Waals surface area contributed by atoms with E-state index in [1.54, 1.807) is 0 Å². The summed E-state index contributed by atoms with van der Waals surface area (Å²) in [5.41, 5.74) is 8.06. The van der Waals surface area contributed by atoms with Gasteiger partial charge in [0.15, 0.2) is 0 Å². The molecule has 0 aliphatic carbocycles. The molecule has 0 radical (unpaired) electrons. The van der Waals surface area contributed by atoms with Crippen molar-refractivity contribution in [1.29, 1.82) is 0 Å². The molecular formula is C23H22Se. The topological polar surface area (TPSA) is 0 Å². The monoisotopic (exact) mass is 378 g/mol. The van der Waals surface area contributed by atoms with Gasteiger partial charge in [-0.2, -0.15) is 0 Å². The minimum absolute atomic E-state index is 0.308. The molecule has 0 atom stereocenters. The summed E-state index contributed by atoms with van der Waals surface area (Å²) in [7, 11) is 0. The first-order valence-electron chi connectivity index (χ1n) is 8.20. The minimum atomic E-state index is 0.308. The van der Waals surface area contributed by atoms with Gasteiger partial charge in [-0.05, 0) is 0 Å². The molecule has 3 aromatic rings. The molecule has 0 bridgehead atoms. The molecule has 0 heterocycles. The average molecular weight is 377 g/mol. The fourth-order valence-electron chi connectivity index (χ4n) is 3.01. The van der Waals surface area contributed by atoms with Gasteiger partial charge in [0.2, 0.25) is 0 Å². The van der Waals surface area contributed by atoms with E-state index in [0.29, 0.717) is 15.0 Å². The molecule has 0 fully saturated rings. The Hall–Kier alpha value is -2.08. The van der Waals surface area contributed by atoms with Gasteiger partial charge in [-0.3, -0.25) is 0 Å². The first kappa shape index (κ1) is 16.8. The van der Waals surface area contributed by atoms with Crippen molar-refractivity contribution in [3.63, 3.8) is 0 Å². The van der Waals surface area contributed by atoms with Crippen molar-refractivity contribution in [2.45, 2.75) is 20.8 Å². The molecule has 120 valence electrons. The summed E-state index contributed by atoms with van der Waals surface area (Å²) in [5, 5.41) is 0. The first-order chi connectivity index (χ1) is 11.6. The fourth-order valence-corrected chi connectivity index (χ4v) is 5.10. The van der Waals surface area contributed by atoms with Gasteiger partial charge in [0, 0.05) is 0 Å². The van der Waals surface area contributed by atoms with E-state index in [0.717, 1.165) is 0 Å². The summed E-state index contributed by atoms with van der Waals surface area (Å²) >= 11 is 0.308. The van der Waals surface area contributed by atoms with Crippen LogP contribution in [0.5, 0.6) is 0 Å². The van der Waals surface area contributed by atoms with E-state index in [1.807, 2.05) is 0 Å². The third-order valence-corrected chi connectivity index (χ3v) is 6.66. The van der Waals surface area contributed by atoms with E-state index in [9.17, 15) is 0 Å². The van der Waals surface area contributed by atoms with Crippen LogP contribution in [0.25, 0.3) is 5.57 Å². The van der Waals surface area contributed by atoms with Crippen molar-refractivity contribution in [3.8, 4) is 0 Å². The Kier molecular flexibility index (Phi) is 5.35. The maximum absolute atomic E-state index is 2.43. The van der Waals surface area contributed by atoms with Crippen molar-refractivity contribution in [2.75, 3.05) is 0 Å². The molecule has 0 spiro atoms. The molecule has 0 saturated heterocycles. The first-order valence-corrected chi connectivity index (χ1v) is 10.1. The number of hydrogen-bond acceptors (Lipinski definition) is 0. The zero-order valence-corrected chi connectivity index (χ0v) is 16.1. The maximum atomic E-state index is 2.43. The zero-order chi connectivity index (χ0) is 16.9. The van der Waals surface area contributed by atoms with Crippen LogP contribution in [0.1, 0.15) is 27.8 Å². The van der Waals surface area contributed by atoms with E-state index in [-0.39, 0.29) is 0 Å². The SMILES string of the molecule is Cc1cc(C)c([Se]C=C(c2ccccc2)c2ccccc2)c(C)c1. The van der Waals surface area contributed by atoms with Crippen LogP contribution >= 0.6 is 0 Å². The summed E-state index contributed by atoms with van der Waals surface area (Å²) in [5.74, 6) is 0. The van der Waals surface area contributed by atoms with Crippen LogP contribution in [-0.2, 0) is 0 Å². The summed E-state index contributed by atoms with van der Waals surface area (Å²) in [6, 6.07) is 26.0. The Morgan fingerprint density at radius 3 is 1.62 bits per heavy atom. The second-order valence-electron chi connectivity index (χ2n) is 6.11. The number of hydrogen-bond donors (Lipinski definition) is 0. The molecule has 3 rings (SSSR count). The Morgan fingerprint density at radius 1 is 0.708 bits per heavy atom. The van der Waals surface area contributed by atoms with Crippen LogP contribution < -0.4 is 4.46 Å². The normalized spacial score (nSPS) is 10.5. The molecule has 1 heteroatoms. The summed E-state index contributed by atoms with van der Waals surface area (Å²) in [6.45, 7) is 6.64. The van der Waals surface area contributed by atoms with Gasteiger partial charge in [-0.1, -0.05) is 0 Å². The predicted molar refractivity (Wildman–Crippen MR) is 106 cm³/mol. The Labute approximate surface area is 151 Å². The molecule has 0 amide bonds. The van der Waals surface area contributed by atoms with E-state index in [2.05, 4.69) is 98.5 Å². The van der Waals surface area contributed by atoms with Gasteiger partial charge in [0.25, 0.3) is 0 Å². The molecule has 0 nitrogen and oxygen atoms in total. The molecule has 0 saturated carbocycles. The van der Waals surface area contributed by atoms with Crippen LogP contribution in [0.2, 0.25) is 0 Å². The quantitative estimate of drug-likeness (QED) is 0.560. The molecule has 3 aromatic carbocycles. The Morgan fingerprint density at radius 2 is 1.17 bits per heavy atom. The Bertz CT molecular complexity index is 781. The third kappa shape index (κ3) is 3.87. The second-order valence-corrected chi connectivity index (χ2v) is 7.95. The zero-order valence-electron chi connectivity index (χ0n) is 14.4. The van der Waals surface area contributed by atoms with Crippen molar-refractivity contribution < 1.29 is 0 Å². The molecule has 0 aliphatic heterocycles. The average Bonchev–Trinajstić information content (AvgIpc) is 2.59. The molecule has 0 unspecified atom stereocenters. The number of aryl methyl sites for hydroxylation is 3. The summed E-state index contributed by atoms with van der Waals surface area (Å²) in [6.07, 6.45) is 0. The Balaban J connectivity index is 2.02. The van der Waals surface area contributed by atoms with Crippen LogP contribution in [-0.4, -0.2) is 15.0 Å². The van der Waals surface area contributed by atoms with Crippen molar-refractivity contribution in [3.05, 3.63) is 106 Å². The van der Waals surface area contributed by atoms with Crippen LogP contribution in [0, 0.1) is 20.8 Å². The van der Waals surface area contributed by atoms with Gasteiger partial charge in [-0.25, -0.2) is 0 Å². The van der Waals surface area contributed by atoms with Crippen LogP contribution in [0.15, 0.2) is 77.8 Å².